The molecule has 0 spiro atoms. The standard InChI is InChI=1S/C12H26N4O/c1-5-13-12(14-6-2)15-10-9-11(17)16(7-3)8-4/h5-10H2,1-4H3,(H2,13,14,15). The smallest absolute Gasteiger partial charge is 0.224 e. The third kappa shape index (κ3) is 6.81. The molecule has 0 saturated heterocycles. The lowest BCUT2D eigenvalue weighted by Gasteiger charge is -2.18. The maximum absolute atomic E-state index is 11.7. The van der Waals surface area contributed by atoms with Crippen molar-refractivity contribution < 1.29 is 4.79 Å². The van der Waals surface area contributed by atoms with Gasteiger partial charge in [0.05, 0.1) is 6.54 Å². The fourth-order valence-corrected chi connectivity index (χ4v) is 1.51. The Morgan fingerprint density at radius 1 is 1.06 bits per heavy atom. The van der Waals surface area contributed by atoms with Crippen LogP contribution in [0.2, 0.25) is 0 Å². The summed E-state index contributed by atoms with van der Waals surface area (Å²) < 4.78 is 0. The minimum atomic E-state index is 0.172. The topological polar surface area (TPSA) is 56.7 Å². The molecule has 5 heteroatoms. The molecule has 0 heterocycles. The van der Waals surface area contributed by atoms with E-state index in [-0.39, 0.29) is 5.91 Å². The van der Waals surface area contributed by atoms with Gasteiger partial charge in [-0.3, -0.25) is 9.79 Å². The van der Waals surface area contributed by atoms with Gasteiger partial charge < -0.3 is 15.5 Å². The Balaban J connectivity index is 4.07. The van der Waals surface area contributed by atoms with Crippen molar-refractivity contribution in [2.24, 2.45) is 4.99 Å². The van der Waals surface area contributed by atoms with Crippen LogP contribution in [0, 0.1) is 0 Å². The van der Waals surface area contributed by atoms with Crippen molar-refractivity contribution in [2.75, 3.05) is 32.7 Å². The third-order valence-electron chi connectivity index (χ3n) is 2.40. The Bertz CT molecular complexity index is 229. The van der Waals surface area contributed by atoms with E-state index in [1.807, 2.05) is 32.6 Å². The number of nitrogens with one attached hydrogen (secondary N) is 2. The zero-order chi connectivity index (χ0) is 13.1. The van der Waals surface area contributed by atoms with E-state index in [2.05, 4.69) is 15.6 Å². The molecule has 0 rings (SSSR count). The molecule has 1 amide bonds. The van der Waals surface area contributed by atoms with Crippen LogP contribution < -0.4 is 10.6 Å². The van der Waals surface area contributed by atoms with E-state index >= 15 is 0 Å². The fourth-order valence-electron chi connectivity index (χ4n) is 1.51. The SMILES string of the molecule is CCNC(=NCCC(=O)N(CC)CC)NCC. The molecule has 100 valence electrons. The first-order valence-corrected chi connectivity index (χ1v) is 6.49. The minimum absolute atomic E-state index is 0.172. The number of amides is 1. The highest BCUT2D eigenvalue weighted by molar-refractivity contribution is 5.80. The average molecular weight is 242 g/mol. The first kappa shape index (κ1) is 15.7. The summed E-state index contributed by atoms with van der Waals surface area (Å²) >= 11 is 0. The minimum Gasteiger partial charge on any atom is -0.357 e. The summed E-state index contributed by atoms with van der Waals surface area (Å²) in [6.07, 6.45) is 0.474. The molecular formula is C12H26N4O. The number of carbonyl (C=O) groups excluding carboxylic acids is 1. The number of aliphatic imine (C=N–C) groups is 1. The van der Waals surface area contributed by atoms with Gasteiger partial charge in [0, 0.05) is 32.6 Å². The molecule has 0 aliphatic heterocycles. The Hall–Kier alpha value is -1.26. The van der Waals surface area contributed by atoms with Crippen molar-refractivity contribution in [1.82, 2.24) is 15.5 Å². The molecule has 0 saturated carbocycles. The molecule has 0 aliphatic carbocycles. The van der Waals surface area contributed by atoms with Crippen LogP contribution >= 0.6 is 0 Å². The highest BCUT2D eigenvalue weighted by atomic mass is 16.2. The largest absolute Gasteiger partial charge is 0.357 e. The summed E-state index contributed by atoms with van der Waals surface area (Å²) in [5.41, 5.74) is 0. The van der Waals surface area contributed by atoms with Gasteiger partial charge in [-0.2, -0.15) is 0 Å². The van der Waals surface area contributed by atoms with Crippen LogP contribution in [0.3, 0.4) is 0 Å². The molecule has 0 atom stereocenters. The average Bonchev–Trinajstić information content (AvgIpc) is 2.31. The van der Waals surface area contributed by atoms with Crippen molar-refractivity contribution in [3.63, 3.8) is 0 Å². The number of hydrogen-bond acceptors (Lipinski definition) is 2. The van der Waals surface area contributed by atoms with Crippen LogP contribution in [0.4, 0.5) is 0 Å². The molecule has 0 aromatic rings. The Kier molecular flexibility index (Phi) is 9.19. The van der Waals surface area contributed by atoms with Gasteiger partial charge in [0.25, 0.3) is 0 Å². The summed E-state index contributed by atoms with van der Waals surface area (Å²) in [6.45, 7) is 11.8. The van der Waals surface area contributed by atoms with Crippen LogP contribution in [0.25, 0.3) is 0 Å². The maximum atomic E-state index is 11.7. The van der Waals surface area contributed by atoms with E-state index in [1.165, 1.54) is 0 Å². The van der Waals surface area contributed by atoms with Crippen LogP contribution in [0.15, 0.2) is 4.99 Å². The van der Waals surface area contributed by atoms with Crippen LogP contribution in [-0.2, 0) is 4.79 Å². The van der Waals surface area contributed by atoms with Crippen molar-refractivity contribution >= 4 is 11.9 Å². The summed E-state index contributed by atoms with van der Waals surface area (Å²) in [6, 6.07) is 0. The van der Waals surface area contributed by atoms with Crippen molar-refractivity contribution in [2.45, 2.75) is 34.1 Å². The van der Waals surface area contributed by atoms with Crippen LogP contribution in [-0.4, -0.2) is 49.5 Å². The van der Waals surface area contributed by atoms with Crippen LogP contribution in [0.1, 0.15) is 34.1 Å². The Morgan fingerprint density at radius 3 is 2.00 bits per heavy atom. The highest BCUT2D eigenvalue weighted by Gasteiger charge is 2.08. The monoisotopic (exact) mass is 242 g/mol. The second-order valence-electron chi connectivity index (χ2n) is 3.61. The van der Waals surface area contributed by atoms with E-state index in [0.717, 1.165) is 32.1 Å². The molecule has 2 N–H and O–H groups in total. The predicted molar refractivity (Wildman–Crippen MR) is 72.2 cm³/mol. The van der Waals surface area contributed by atoms with E-state index in [1.54, 1.807) is 0 Å². The van der Waals surface area contributed by atoms with Gasteiger partial charge in [0.1, 0.15) is 0 Å². The normalized spacial score (nSPS) is 9.65. The Morgan fingerprint density at radius 2 is 1.59 bits per heavy atom. The van der Waals surface area contributed by atoms with E-state index < -0.39 is 0 Å². The molecule has 0 aromatic carbocycles. The summed E-state index contributed by atoms with van der Waals surface area (Å²) in [5.74, 6) is 0.952. The lowest BCUT2D eigenvalue weighted by atomic mass is 10.3. The molecule has 0 bridgehead atoms. The van der Waals surface area contributed by atoms with Crippen molar-refractivity contribution in [3.8, 4) is 0 Å². The second-order valence-corrected chi connectivity index (χ2v) is 3.61. The van der Waals surface area contributed by atoms with Gasteiger partial charge in [0.2, 0.25) is 5.91 Å². The molecule has 0 unspecified atom stereocenters. The van der Waals surface area contributed by atoms with Gasteiger partial charge in [-0.05, 0) is 27.7 Å². The van der Waals surface area contributed by atoms with Crippen LogP contribution in [0.5, 0.6) is 0 Å². The molecule has 0 aliphatic rings. The summed E-state index contributed by atoms with van der Waals surface area (Å²) in [4.78, 5) is 17.9. The van der Waals surface area contributed by atoms with Gasteiger partial charge in [-0.25, -0.2) is 0 Å². The summed E-state index contributed by atoms with van der Waals surface area (Å²) in [7, 11) is 0. The first-order chi connectivity index (χ1) is 8.19. The first-order valence-electron chi connectivity index (χ1n) is 6.49. The van der Waals surface area contributed by atoms with E-state index in [0.29, 0.717) is 13.0 Å². The number of carbonyl (C=O) groups is 1. The lowest BCUT2D eigenvalue weighted by Crippen LogP contribution is -2.37. The highest BCUT2D eigenvalue weighted by Crippen LogP contribution is 1.94. The molecule has 0 aromatic heterocycles. The third-order valence-corrected chi connectivity index (χ3v) is 2.40. The number of guanidine groups is 1. The maximum Gasteiger partial charge on any atom is 0.224 e. The van der Waals surface area contributed by atoms with Gasteiger partial charge in [-0.1, -0.05) is 0 Å². The number of hydrogen-bond donors (Lipinski definition) is 2. The van der Waals surface area contributed by atoms with Gasteiger partial charge >= 0.3 is 0 Å². The number of nitrogens with zero attached hydrogens (tertiary/aromatic N) is 2. The quantitative estimate of drug-likeness (QED) is 0.513. The molecule has 0 radical (unpaired) electrons. The van der Waals surface area contributed by atoms with Gasteiger partial charge in [-0.15, -0.1) is 0 Å². The van der Waals surface area contributed by atoms with E-state index in [4.69, 9.17) is 0 Å². The van der Waals surface area contributed by atoms with E-state index in [9.17, 15) is 4.79 Å². The zero-order valence-corrected chi connectivity index (χ0v) is 11.5. The zero-order valence-electron chi connectivity index (χ0n) is 11.5. The van der Waals surface area contributed by atoms with Gasteiger partial charge in [0.15, 0.2) is 5.96 Å². The Labute approximate surface area is 105 Å². The fraction of sp³-hybridized carbons (Fsp3) is 0.833. The molecule has 0 fully saturated rings. The number of rotatable bonds is 7. The predicted octanol–water partition coefficient (Wildman–Crippen LogP) is 0.820. The molecule has 5 nitrogen and oxygen atoms in total. The molecular weight excluding hydrogens is 216 g/mol. The summed E-state index contributed by atoms with van der Waals surface area (Å²) in [5, 5.41) is 6.26. The molecule has 17 heavy (non-hydrogen) atoms. The van der Waals surface area contributed by atoms with Crippen molar-refractivity contribution in [1.29, 1.82) is 0 Å². The lowest BCUT2D eigenvalue weighted by molar-refractivity contribution is -0.130. The van der Waals surface area contributed by atoms with Crippen molar-refractivity contribution in [3.05, 3.63) is 0 Å². The second kappa shape index (κ2) is 9.93.